The average Bonchev–Trinajstić information content (AvgIpc) is 2.98. The third-order valence-corrected chi connectivity index (χ3v) is 3.99. The molecule has 0 fully saturated rings. The Morgan fingerprint density at radius 2 is 2.23 bits per heavy atom. The van der Waals surface area contributed by atoms with Crippen molar-refractivity contribution in [3.8, 4) is 5.75 Å². The molecule has 0 aliphatic rings. The van der Waals surface area contributed by atoms with E-state index in [0.29, 0.717) is 16.6 Å². The SMILES string of the molecule is O=C(/C=C/c1cc(Br)ccc1OC(F)F)NCc1cccs1. The zero-order valence-electron chi connectivity index (χ0n) is 11.3. The number of rotatable bonds is 6. The number of ether oxygens (including phenoxy) is 1. The molecule has 1 amide bonds. The van der Waals surface area contributed by atoms with Crippen molar-refractivity contribution in [1.82, 2.24) is 5.32 Å². The summed E-state index contributed by atoms with van der Waals surface area (Å²) in [4.78, 5) is 12.8. The molecule has 0 saturated heterocycles. The molecule has 2 rings (SSSR count). The largest absolute Gasteiger partial charge is 0.434 e. The number of alkyl halides is 2. The lowest BCUT2D eigenvalue weighted by Crippen LogP contribution is -2.19. The number of benzene rings is 1. The summed E-state index contributed by atoms with van der Waals surface area (Å²) < 4.78 is 29.8. The molecule has 3 nitrogen and oxygen atoms in total. The number of amides is 1. The van der Waals surface area contributed by atoms with Crippen LogP contribution >= 0.6 is 27.3 Å². The van der Waals surface area contributed by atoms with Crippen LogP contribution in [0.4, 0.5) is 8.78 Å². The van der Waals surface area contributed by atoms with E-state index in [1.54, 1.807) is 23.5 Å². The van der Waals surface area contributed by atoms with Crippen LogP contribution in [0.3, 0.4) is 0 Å². The van der Waals surface area contributed by atoms with Crippen LogP contribution in [-0.4, -0.2) is 12.5 Å². The van der Waals surface area contributed by atoms with Crippen molar-refractivity contribution in [2.24, 2.45) is 0 Å². The predicted octanol–water partition coefficient (Wildman–Crippen LogP) is 4.44. The Bertz CT molecular complexity index is 660. The minimum absolute atomic E-state index is 0.0144. The maximum Gasteiger partial charge on any atom is 0.387 e. The molecule has 2 aromatic rings. The van der Waals surface area contributed by atoms with Crippen LogP contribution in [0.15, 0.2) is 46.3 Å². The molecule has 116 valence electrons. The number of thiophene rings is 1. The van der Waals surface area contributed by atoms with E-state index >= 15 is 0 Å². The molecule has 0 saturated carbocycles. The van der Waals surface area contributed by atoms with E-state index in [4.69, 9.17) is 0 Å². The molecular weight excluding hydrogens is 376 g/mol. The molecule has 1 aromatic heterocycles. The molecule has 0 radical (unpaired) electrons. The molecule has 0 bridgehead atoms. The Labute approximate surface area is 138 Å². The van der Waals surface area contributed by atoms with Crippen LogP contribution in [0.25, 0.3) is 6.08 Å². The maximum atomic E-state index is 12.3. The van der Waals surface area contributed by atoms with Gasteiger partial charge in [-0.2, -0.15) is 8.78 Å². The Morgan fingerprint density at radius 3 is 2.91 bits per heavy atom. The topological polar surface area (TPSA) is 38.3 Å². The van der Waals surface area contributed by atoms with Crippen molar-refractivity contribution < 1.29 is 18.3 Å². The van der Waals surface area contributed by atoms with Crippen LogP contribution in [-0.2, 0) is 11.3 Å². The first kappa shape index (κ1) is 16.6. The van der Waals surface area contributed by atoms with Crippen LogP contribution in [0.1, 0.15) is 10.4 Å². The van der Waals surface area contributed by atoms with Crippen molar-refractivity contribution >= 4 is 39.2 Å². The second-order valence-corrected chi connectivity index (χ2v) is 6.14. The Kier molecular flexibility index (Phi) is 6.09. The van der Waals surface area contributed by atoms with Gasteiger partial charge in [-0.15, -0.1) is 11.3 Å². The lowest BCUT2D eigenvalue weighted by molar-refractivity contribution is -0.116. The van der Waals surface area contributed by atoms with Crippen LogP contribution in [0.2, 0.25) is 0 Å². The normalized spacial score (nSPS) is 11.1. The number of carbonyl (C=O) groups excluding carboxylic acids is 1. The van der Waals surface area contributed by atoms with E-state index in [2.05, 4.69) is 26.0 Å². The van der Waals surface area contributed by atoms with Gasteiger partial charge in [0.15, 0.2) is 0 Å². The molecule has 1 N–H and O–H groups in total. The van der Waals surface area contributed by atoms with Crippen molar-refractivity contribution in [3.05, 3.63) is 56.7 Å². The molecule has 0 unspecified atom stereocenters. The first-order valence-electron chi connectivity index (χ1n) is 6.27. The highest BCUT2D eigenvalue weighted by molar-refractivity contribution is 9.10. The van der Waals surface area contributed by atoms with Gasteiger partial charge in [-0.05, 0) is 35.7 Å². The van der Waals surface area contributed by atoms with Gasteiger partial charge >= 0.3 is 6.61 Å². The van der Waals surface area contributed by atoms with Crippen LogP contribution in [0, 0.1) is 0 Å². The van der Waals surface area contributed by atoms with Gasteiger partial charge in [0.25, 0.3) is 0 Å². The third-order valence-electron chi connectivity index (χ3n) is 2.62. The van der Waals surface area contributed by atoms with E-state index in [9.17, 15) is 13.6 Å². The second kappa shape index (κ2) is 8.05. The molecule has 0 aliphatic heterocycles. The predicted molar refractivity (Wildman–Crippen MR) is 86.0 cm³/mol. The van der Waals surface area contributed by atoms with E-state index in [0.717, 1.165) is 4.88 Å². The van der Waals surface area contributed by atoms with Gasteiger partial charge in [-0.1, -0.05) is 22.0 Å². The molecule has 0 aliphatic carbocycles. The smallest absolute Gasteiger partial charge is 0.387 e. The number of nitrogens with one attached hydrogen (secondary N) is 1. The first-order chi connectivity index (χ1) is 10.5. The number of hydrogen-bond donors (Lipinski definition) is 1. The lowest BCUT2D eigenvalue weighted by atomic mass is 10.2. The molecule has 0 atom stereocenters. The van der Waals surface area contributed by atoms with Crippen molar-refractivity contribution in [2.45, 2.75) is 13.2 Å². The fourth-order valence-electron chi connectivity index (χ4n) is 1.66. The summed E-state index contributed by atoms with van der Waals surface area (Å²) in [5.74, 6) is -0.295. The molecule has 7 heteroatoms. The van der Waals surface area contributed by atoms with E-state index in [1.807, 2.05) is 17.5 Å². The minimum atomic E-state index is -2.92. The zero-order valence-corrected chi connectivity index (χ0v) is 13.7. The average molecular weight is 388 g/mol. The van der Waals surface area contributed by atoms with Gasteiger partial charge in [0.2, 0.25) is 5.91 Å². The van der Waals surface area contributed by atoms with E-state index in [1.165, 1.54) is 18.2 Å². The second-order valence-electron chi connectivity index (χ2n) is 4.19. The van der Waals surface area contributed by atoms with Crippen LogP contribution < -0.4 is 10.1 Å². The summed E-state index contributed by atoms with van der Waals surface area (Å²) in [6.07, 6.45) is 2.72. The minimum Gasteiger partial charge on any atom is -0.434 e. The highest BCUT2D eigenvalue weighted by Gasteiger charge is 2.08. The summed E-state index contributed by atoms with van der Waals surface area (Å²) in [5.41, 5.74) is 0.390. The molecular formula is C15H12BrF2NO2S. The fourth-order valence-corrected chi connectivity index (χ4v) is 2.69. The summed E-state index contributed by atoms with van der Waals surface area (Å²) in [6.45, 7) is -2.49. The Hall–Kier alpha value is -1.73. The fraction of sp³-hybridized carbons (Fsp3) is 0.133. The third kappa shape index (κ3) is 5.23. The number of hydrogen-bond acceptors (Lipinski definition) is 3. The standard InChI is InChI=1S/C15H12BrF2NO2S/c16-11-4-5-13(21-15(17)18)10(8-11)3-6-14(20)19-9-12-2-1-7-22-12/h1-8,15H,9H2,(H,19,20)/b6-3+. The molecule has 1 heterocycles. The van der Waals surface area contributed by atoms with Gasteiger partial charge < -0.3 is 10.1 Å². The highest BCUT2D eigenvalue weighted by atomic mass is 79.9. The molecule has 22 heavy (non-hydrogen) atoms. The molecule has 0 spiro atoms. The van der Waals surface area contributed by atoms with Crippen molar-refractivity contribution in [3.63, 3.8) is 0 Å². The maximum absolute atomic E-state index is 12.3. The summed E-state index contributed by atoms with van der Waals surface area (Å²) in [7, 11) is 0. The van der Waals surface area contributed by atoms with Crippen molar-refractivity contribution in [1.29, 1.82) is 0 Å². The summed E-state index contributed by atoms with van der Waals surface area (Å²) >= 11 is 4.79. The first-order valence-corrected chi connectivity index (χ1v) is 7.94. The van der Waals surface area contributed by atoms with Gasteiger partial charge in [-0.3, -0.25) is 4.79 Å². The van der Waals surface area contributed by atoms with Gasteiger partial charge in [0.1, 0.15) is 5.75 Å². The Balaban J connectivity index is 2.01. The number of halogens is 3. The van der Waals surface area contributed by atoms with Gasteiger partial charge in [0.05, 0.1) is 6.54 Å². The highest BCUT2D eigenvalue weighted by Crippen LogP contribution is 2.25. The molecule has 1 aromatic carbocycles. The van der Waals surface area contributed by atoms with Gasteiger partial charge in [0, 0.05) is 21.0 Å². The van der Waals surface area contributed by atoms with Gasteiger partial charge in [-0.25, -0.2) is 0 Å². The van der Waals surface area contributed by atoms with Crippen LogP contribution in [0.5, 0.6) is 5.75 Å². The quantitative estimate of drug-likeness (QED) is 0.743. The summed E-state index contributed by atoms with van der Waals surface area (Å²) in [5, 5.41) is 4.64. The zero-order chi connectivity index (χ0) is 15.9. The monoisotopic (exact) mass is 387 g/mol. The summed E-state index contributed by atoms with van der Waals surface area (Å²) in [6, 6.07) is 8.42. The van der Waals surface area contributed by atoms with E-state index < -0.39 is 6.61 Å². The lowest BCUT2D eigenvalue weighted by Gasteiger charge is -2.08. The number of carbonyl (C=O) groups is 1. The van der Waals surface area contributed by atoms with E-state index in [-0.39, 0.29) is 11.7 Å². The Morgan fingerprint density at radius 1 is 1.41 bits per heavy atom. The van der Waals surface area contributed by atoms with Crippen molar-refractivity contribution in [2.75, 3.05) is 0 Å².